The number of nitrogens with zero attached hydrogens (tertiary/aromatic N) is 4. The molecule has 0 radical (unpaired) electrons. The number of carbonyl (C=O) groups excluding carboxylic acids is 1. The number of pyridine rings is 1. The lowest BCUT2D eigenvalue weighted by molar-refractivity contribution is -0.114. The first-order valence-corrected chi connectivity index (χ1v) is 12.8. The van der Waals surface area contributed by atoms with Gasteiger partial charge < -0.3 is 25.2 Å². The SMILES string of the molecule is CNC1CCN(c2cc(-c3cc(F)cc(-c4ccc(-n5ccn(C)c5=O)c(Cl)c4)c3O)cc(NC(C)=O)n2)C1. The molecule has 1 amide bonds. The Labute approximate surface area is 229 Å². The Morgan fingerprint density at radius 2 is 1.87 bits per heavy atom. The van der Waals surface area contributed by atoms with Gasteiger partial charge in [0.1, 0.15) is 23.2 Å². The molecule has 1 fully saturated rings. The van der Waals surface area contributed by atoms with Gasteiger partial charge in [-0.05, 0) is 61.0 Å². The molecule has 202 valence electrons. The van der Waals surface area contributed by atoms with Crippen LogP contribution in [0.15, 0.2) is 59.7 Å². The summed E-state index contributed by atoms with van der Waals surface area (Å²) in [5, 5.41) is 17.6. The number of anilines is 2. The van der Waals surface area contributed by atoms with Gasteiger partial charge in [-0.2, -0.15) is 0 Å². The fourth-order valence-corrected chi connectivity index (χ4v) is 5.11. The molecular weight excluding hydrogens is 523 g/mol. The maximum Gasteiger partial charge on any atom is 0.332 e. The molecule has 1 aliphatic heterocycles. The molecule has 1 aliphatic rings. The smallest absolute Gasteiger partial charge is 0.332 e. The minimum atomic E-state index is -0.562. The summed E-state index contributed by atoms with van der Waals surface area (Å²) in [4.78, 5) is 30.9. The molecular formula is C28H28ClFN6O3. The third kappa shape index (κ3) is 5.25. The van der Waals surface area contributed by atoms with Gasteiger partial charge in [-0.3, -0.25) is 9.36 Å². The van der Waals surface area contributed by atoms with E-state index < -0.39 is 5.82 Å². The fourth-order valence-electron chi connectivity index (χ4n) is 4.84. The lowest BCUT2D eigenvalue weighted by atomic mass is 9.97. The van der Waals surface area contributed by atoms with E-state index in [-0.39, 0.29) is 33.5 Å². The molecule has 39 heavy (non-hydrogen) atoms. The van der Waals surface area contributed by atoms with E-state index in [1.54, 1.807) is 49.8 Å². The monoisotopic (exact) mass is 550 g/mol. The molecule has 3 N–H and O–H groups in total. The van der Waals surface area contributed by atoms with Crippen LogP contribution in [-0.4, -0.2) is 51.3 Å². The second-order valence-corrected chi connectivity index (χ2v) is 9.99. The van der Waals surface area contributed by atoms with Gasteiger partial charge in [-0.25, -0.2) is 14.2 Å². The molecule has 0 aliphatic carbocycles. The van der Waals surface area contributed by atoms with Gasteiger partial charge in [-0.15, -0.1) is 0 Å². The fraction of sp³-hybridized carbons (Fsp3) is 0.250. The Bertz CT molecular complexity index is 1630. The van der Waals surface area contributed by atoms with E-state index in [0.29, 0.717) is 34.5 Å². The first kappa shape index (κ1) is 26.5. The van der Waals surface area contributed by atoms with Crippen molar-refractivity contribution in [2.24, 2.45) is 7.05 Å². The summed E-state index contributed by atoms with van der Waals surface area (Å²) in [7, 11) is 3.54. The van der Waals surface area contributed by atoms with Crippen molar-refractivity contribution in [1.29, 1.82) is 0 Å². The summed E-state index contributed by atoms with van der Waals surface area (Å²) in [5.41, 5.74) is 1.64. The molecule has 1 saturated heterocycles. The van der Waals surface area contributed by atoms with Gasteiger partial charge in [0.15, 0.2) is 0 Å². The van der Waals surface area contributed by atoms with Crippen LogP contribution in [0.3, 0.4) is 0 Å². The number of halogens is 2. The van der Waals surface area contributed by atoms with Gasteiger partial charge in [0, 0.05) is 56.6 Å². The molecule has 1 atom stereocenters. The number of benzene rings is 2. The molecule has 2 aromatic heterocycles. The van der Waals surface area contributed by atoms with Gasteiger partial charge in [-0.1, -0.05) is 17.7 Å². The van der Waals surface area contributed by atoms with Gasteiger partial charge in [0.25, 0.3) is 0 Å². The van der Waals surface area contributed by atoms with Crippen molar-refractivity contribution in [3.8, 4) is 33.7 Å². The van der Waals surface area contributed by atoms with E-state index >= 15 is 0 Å². The molecule has 0 spiro atoms. The van der Waals surface area contributed by atoms with Gasteiger partial charge >= 0.3 is 5.69 Å². The van der Waals surface area contributed by atoms with Crippen LogP contribution in [0.4, 0.5) is 16.0 Å². The van der Waals surface area contributed by atoms with Crippen molar-refractivity contribution in [2.45, 2.75) is 19.4 Å². The number of likely N-dealkylation sites (N-methyl/N-ethyl adjacent to an activating group) is 1. The Balaban J connectivity index is 1.59. The van der Waals surface area contributed by atoms with Crippen LogP contribution < -0.4 is 21.2 Å². The van der Waals surface area contributed by atoms with Crippen molar-refractivity contribution < 1.29 is 14.3 Å². The predicted octanol–water partition coefficient (Wildman–Crippen LogP) is 4.16. The lowest BCUT2D eigenvalue weighted by Crippen LogP contribution is -2.30. The zero-order chi connectivity index (χ0) is 27.8. The molecule has 11 heteroatoms. The third-order valence-electron chi connectivity index (χ3n) is 6.89. The quantitative estimate of drug-likeness (QED) is 0.333. The number of phenols is 1. The van der Waals surface area contributed by atoms with E-state index in [1.165, 1.54) is 28.2 Å². The molecule has 2 aromatic carbocycles. The highest BCUT2D eigenvalue weighted by Crippen LogP contribution is 2.41. The first-order chi connectivity index (χ1) is 18.6. The number of aromatic hydroxyl groups is 1. The predicted molar refractivity (Wildman–Crippen MR) is 150 cm³/mol. The summed E-state index contributed by atoms with van der Waals surface area (Å²) >= 11 is 6.53. The molecule has 5 rings (SSSR count). The highest BCUT2D eigenvalue weighted by Gasteiger charge is 2.24. The third-order valence-corrected chi connectivity index (χ3v) is 7.19. The van der Waals surface area contributed by atoms with Crippen LogP contribution in [0, 0.1) is 5.82 Å². The van der Waals surface area contributed by atoms with Crippen LogP contribution in [0.5, 0.6) is 5.75 Å². The first-order valence-electron chi connectivity index (χ1n) is 12.4. The van der Waals surface area contributed by atoms with Crippen molar-refractivity contribution in [3.63, 3.8) is 0 Å². The number of aryl methyl sites for hydroxylation is 1. The second kappa shape index (κ2) is 10.5. The molecule has 3 heterocycles. The number of rotatable bonds is 6. The summed E-state index contributed by atoms with van der Waals surface area (Å²) < 4.78 is 17.8. The zero-order valence-electron chi connectivity index (χ0n) is 21.7. The van der Waals surface area contributed by atoms with E-state index in [4.69, 9.17) is 11.6 Å². The van der Waals surface area contributed by atoms with Crippen LogP contribution in [0.2, 0.25) is 5.02 Å². The lowest BCUT2D eigenvalue weighted by Gasteiger charge is -2.20. The van der Waals surface area contributed by atoms with Crippen LogP contribution in [-0.2, 0) is 11.8 Å². The zero-order valence-corrected chi connectivity index (χ0v) is 22.5. The van der Waals surface area contributed by atoms with Gasteiger partial charge in [0.05, 0.1) is 10.7 Å². The number of aromatic nitrogens is 3. The number of hydrogen-bond donors (Lipinski definition) is 3. The molecule has 9 nitrogen and oxygen atoms in total. The van der Waals surface area contributed by atoms with Crippen molar-refractivity contribution in [1.82, 2.24) is 19.4 Å². The minimum Gasteiger partial charge on any atom is -0.507 e. The molecule has 0 bridgehead atoms. The van der Waals surface area contributed by atoms with Crippen molar-refractivity contribution in [3.05, 3.63) is 76.2 Å². The average molecular weight is 551 g/mol. The summed E-state index contributed by atoms with van der Waals surface area (Å²) in [6, 6.07) is 11.1. The van der Waals surface area contributed by atoms with Crippen LogP contribution >= 0.6 is 11.6 Å². The number of carbonyl (C=O) groups is 1. The number of phenolic OH excluding ortho intramolecular Hbond substituents is 1. The van der Waals surface area contributed by atoms with E-state index in [0.717, 1.165) is 19.5 Å². The second-order valence-electron chi connectivity index (χ2n) is 9.58. The molecule has 0 saturated carbocycles. The van der Waals surface area contributed by atoms with Gasteiger partial charge in [0.2, 0.25) is 5.91 Å². The van der Waals surface area contributed by atoms with E-state index in [9.17, 15) is 19.1 Å². The van der Waals surface area contributed by atoms with Crippen molar-refractivity contribution in [2.75, 3.05) is 30.4 Å². The molecule has 1 unspecified atom stereocenters. The average Bonchev–Trinajstić information content (AvgIpc) is 3.51. The largest absolute Gasteiger partial charge is 0.507 e. The standard InChI is InChI=1S/C28H28ClFN6O3/c1-16(37)32-25-11-18(12-26(33-25)35-7-6-20(15-35)31-2)22-14-19(30)13-21(27(22)38)17-4-5-24(23(29)10-17)36-9-8-34(3)28(36)39/h4-5,8-14,20,31,38H,6-7,15H2,1-3H3,(H,32,33,37). The van der Waals surface area contributed by atoms with E-state index in [2.05, 4.69) is 20.5 Å². The van der Waals surface area contributed by atoms with Crippen LogP contribution in [0.25, 0.3) is 27.9 Å². The number of amides is 1. The van der Waals surface area contributed by atoms with E-state index in [1.807, 2.05) is 7.05 Å². The maximum atomic E-state index is 15.0. The molecule has 4 aromatic rings. The summed E-state index contributed by atoms with van der Waals surface area (Å²) in [5.74, 6) is -0.101. The number of imidazole rings is 1. The Morgan fingerprint density at radius 1 is 1.13 bits per heavy atom. The highest BCUT2D eigenvalue weighted by atomic mass is 35.5. The normalized spacial score (nSPS) is 15.1. The topological polar surface area (TPSA) is 104 Å². The summed E-state index contributed by atoms with van der Waals surface area (Å²) in [6.45, 7) is 2.87. The maximum absolute atomic E-state index is 15.0. The van der Waals surface area contributed by atoms with Crippen LogP contribution in [0.1, 0.15) is 13.3 Å². The summed E-state index contributed by atoms with van der Waals surface area (Å²) in [6.07, 6.45) is 4.16. The highest BCUT2D eigenvalue weighted by molar-refractivity contribution is 6.32. The minimum absolute atomic E-state index is 0.155. The Hall–Kier alpha value is -4.15. The number of hydrogen-bond acceptors (Lipinski definition) is 6. The van der Waals surface area contributed by atoms with Crippen molar-refractivity contribution >= 4 is 29.1 Å². The Morgan fingerprint density at radius 3 is 2.49 bits per heavy atom. The Kier molecular flexibility index (Phi) is 7.16. The number of nitrogens with one attached hydrogen (secondary N) is 2.